The zero-order chi connectivity index (χ0) is 14.5. The first-order chi connectivity index (χ1) is 9.58. The van der Waals surface area contributed by atoms with E-state index in [1.165, 1.54) is 6.07 Å². The van der Waals surface area contributed by atoms with Gasteiger partial charge in [0.05, 0.1) is 0 Å². The number of halogens is 4. The largest absolute Gasteiger partial charge is 0.314 e. The second kappa shape index (κ2) is 10.7. The van der Waals surface area contributed by atoms with Crippen LogP contribution in [-0.4, -0.2) is 31.1 Å². The van der Waals surface area contributed by atoms with Crippen molar-refractivity contribution in [2.75, 3.05) is 26.2 Å². The third-order valence-corrected chi connectivity index (χ3v) is 4.27. The van der Waals surface area contributed by atoms with Gasteiger partial charge in [-0.3, -0.25) is 4.90 Å². The number of nitrogens with one attached hydrogen (secondary N) is 1. The van der Waals surface area contributed by atoms with E-state index in [4.69, 9.17) is 11.6 Å². The Labute approximate surface area is 150 Å². The van der Waals surface area contributed by atoms with Gasteiger partial charge < -0.3 is 5.32 Å². The molecule has 1 atom stereocenters. The maximum Gasteiger partial charge on any atom is 0.123 e. The number of hydrogen-bond acceptors (Lipinski definition) is 2. The van der Waals surface area contributed by atoms with Gasteiger partial charge in [-0.2, -0.15) is 0 Å². The molecule has 1 saturated heterocycles. The summed E-state index contributed by atoms with van der Waals surface area (Å²) < 4.78 is 13.6. The minimum atomic E-state index is -0.200. The summed E-state index contributed by atoms with van der Waals surface area (Å²) in [5.41, 5.74) is 0.939. The minimum Gasteiger partial charge on any atom is -0.314 e. The van der Waals surface area contributed by atoms with Crippen LogP contribution in [0.1, 0.15) is 38.3 Å². The zero-order valence-electron chi connectivity index (χ0n) is 13.1. The molecule has 0 amide bonds. The summed E-state index contributed by atoms with van der Waals surface area (Å²) in [7, 11) is 0. The quantitative estimate of drug-likeness (QED) is 0.806. The molecule has 2 nitrogen and oxygen atoms in total. The van der Waals surface area contributed by atoms with Crippen LogP contribution in [0.4, 0.5) is 4.39 Å². The van der Waals surface area contributed by atoms with Crippen LogP contribution in [0.3, 0.4) is 0 Å². The third-order valence-electron chi connectivity index (χ3n) is 3.93. The monoisotopic (exact) mass is 370 g/mol. The zero-order valence-corrected chi connectivity index (χ0v) is 15.5. The molecule has 0 bridgehead atoms. The average Bonchev–Trinajstić information content (AvgIpc) is 2.43. The average molecular weight is 372 g/mol. The van der Waals surface area contributed by atoms with Crippen molar-refractivity contribution in [1.29, 1.82) is 0 Å². The first-order valence-corrected chi connectivity index (χ1v) is 7.85. The SMILES string of the molecule is CC(C)CC[C@H](c1cc(F)ccc1Cl)N1CCNCC1.Cl.Cl. The Kier molecular flexibility index (Phi) is 10.6. The summed E-state index contributed by atoms with van der Waals surface area (Å²) in [5, 5.41) is 4.04. The molecule has 6 heteroatoms. The Morgan fingerprint density at radius 1 is 1.18 bits per heavy atom. The van der Waals surface area contributed by atoms with E-state index < -0.39 is 0 Å². The first kappa shape index (κ1) is 21.9. The predicted octanol–water partition coefficient (Wildman–Crippen LogP) is 4.71. The number of benzene rings is 1. The van der Waals surface area contributed by atoms with Gasteiger partial charge in [-0.1, -0.05) is 25.4 Å². The molecule has 0 saturated carbocycles. The van der Waals surface area contributed by atoms with E-state index in [0.29, 0.717) is 10.9 Å². The highest BCUT2D eigenvalue weighted by atomic mass is 35.5. The molecule has 1 aliphatic rings. The van der Waals surface area contributed by atoms with Crippen molar-refractivity contribution in [2.45, 2.75) is 32.7 Å². The highest BCUT2D eigenvalue weighted by Gasteiger charge is 2.24. The first-order valence-electron chi connectivity index (χ1n) is 7.47. The summed E-state index contributed by atoms with van der Waals surface area (Å²) in [6, 6.07) is 4.94. The molecule has 2 rings (SSSR count). The summed E-state index contributed by atoms with van der Waals surface area (Å²) in [6.07, 6.45) is 2.16. The standard InChI is InChI=1S/C16H24ClFN2.2ClH/c1-12(2)3-6-16(20-9-7-19-8-10-20)14-11-13(18)4-5-15(14)17;;/h4-5,11-12,16,19H,3,6-10H2,1-2H3;2*1H/t16-;;/m1../s1. The molecule has 1 aromatic carbocycles. The van der Waals surface area contributed by atoms with Crippen LogP contribution in [0.25, 0.3) is 0 Å². The van der Waals surface area contributed by atoms with Crippen molar-refractivity contribution >= 4 is 36.4 Å². The fraction of sp³-hybridized carbons (Fsp3) is 0.625. The van der Waals surface area contributed by atoms with Crippen LogP contribution in [0.2, 0.25) is 5.02 Å². The van der Waals surface area contributed by atoms with Crippen molar-refractivity contribution in [3.63, 3.8) is 0 Å². The lowest BCUT2D eigenvalue weighted by Gasteiger charge is -2.36. The summed E-state index contributed by atoms with van der Waals surface area (Å²) in [4.78, 5) is 2.43. The van der Waals surface area contributed by atoms with Gasteiger partial charge >= 0.3 is 0 Å². The van der Waals surface area contributed by atoms with E-state index in [9.17, 15) is 4.39 Å². The van der Waals surface area contributed by atoms with Gasteiger partial charge in [0.1, 0.15) is 5.82 Å². The van der Waals surface area contributed by atoms with Gasteiger partial charge in [0.15, 0.2) is 0 Å². The molecular weight excluding hydrogens is 346 g/mol. The normalized spacial score (nSPS) is 16.8. The Morgan fingerprint density at radius 2 is 1.82 bits per heavy atom. The molecule has 1 aliphatic heterocycles. The summed E-state index contributed by atoms with van der Waals surface area (Å²) >= 11 is 6.32. The molecule has 0 spiro atoms. The van der Waals surface area contributed by atoms with E-state index in [2.05, 4.69) is 24.1 Å². The Bertz CT molecular complexity index is 437. The second-order valence-electron chi connectivity index (χ2n) is 5.94. The van der Waals surface area contributed by atoms with Gasteiger partial charge in [0.2, 0.25) is 0 Å². The fourth-order valence-corrected chi connectivity index (χ4v) is 3.03. The van der Waals surface area contributed by atoms with Crippen LogP contribution < -0.4 is 5.32 Å². The molecule has 1 aromatic rings. The molecule has 0 radical (unpaired) electrons. The number of hydrogen-bond donors (Lipinski definition) is 1. The smallest absolute Gasteiger partial charge is 0.123 e. The maximum atomic E-state index is 13.6. The highest BCUT2D eigenvalue weighted by Crippen LogP contribution is 2.33. The van der Waals surface area contributed by atoms with Crippen LogP contribution in [0.15, 0.2) is 18.2 Å². The highest BCUT2D eigenvalue weighted by molar-refractivity contribution is 6.31. The van der Waals surface area contributed by atoms with E-state index in [1.807, 2.05) is 0 Å². The Morgan fingerprint density at radius 3 is 2.41 bits per heavy atom. The molecule has 1 heterocycles. The lowest BCUT2D eigenvalue weighted by atomic mass is 9.95. The van der Waals surface area contributed by atoms with E-state index >= 15 is 0 Å². The van der Waals surface area contributed by atoms with Crippen molar-refractivity contribution in [3.05, 3.63) is 34.6 Å². The van der Waals surface area contributed by atoms with Gasteiger partial charge in [-0.15, -0.1) is 24.8 Å². The third kappa shape index (κ3) is 6.21. The molecule has 22 heavy (non-hydrogen) atoms. The Hall–Kier alpha value is -0.0600. The molecular formula is C16H26Cl3FN2. The van der Waals surface area contributed by atoms with Crippen molar-refractivity contribution in [1.82, 2.24) is 10.2 Å². The molecule has 0 aromatic heterocycles. The number of rotatable bonds is 5. The Balaban J connectivity index is 0.00000220. The van der Waals surface area contributed by atoms with Crippen LogP contribution >= 0.6 is 36.4 Å². The van der Waals surface area contributed by atoms with Crippen LogP contribution in [0, 0.1) is 11.7 Å². The maximum absolute atomic E-state index is 13.6. The summed E-state index contributed by atoms with van der Waals surface area (Å²) in [5.74, 6) is 0.446. The summed E-state index contributed by atoms with van der Waals surface area (Å²) in [6.45, 7) is 8.42. The number of nitrogens with zero attached hydrogens (tertiary/aromatic N) is 1. The van der Waals surface area contributed by atoms with Crippen molar-refractivity contribution in [3.8, 4) is 0 Å². The molecule has 0 aliphatic carbocycles. The molecule has 1 N–H and O–H groups in total. The lowest BCUT2D eigenvalue weighted by molar-refractivity contribution is 0.159. The van der Waals surface area contributed by atoms with E-state index in [0.717, 1.165) is 44.6 Å². The van der Waals surface area contributed by atoms with Crippen molar-refractivity contribution < 1.29 is 4.39 Å². The molecule has 0 unspecified atom stereocenters. The van der Waals surface area contributed by atoms with Crippen molar-refractivity contribution in [2.24, 2.45) is 5.92 Å². The van der Waals surface area contributed by atoms with E-state index in [1.54, 1.807) is 12.1 Å². The second-order valence-corrected chi connectivity index (χ2v) is 6.35. The lowest BCUT2D eigenvalue weighted by Crippen LogP contribution is -2.45. The minimum absolute atomic E-state index is 0. The molecule has 1 fully saturated rings. The van der Waals surface area contributed by atoms with Gasteiger partial charge in [-0.25, -0.2) is 4.39 Å². The fourth-order valence-electron chi connectivity index (χ4n) is 2.79. The van der Waals surface area contributed by atoms with Gasteiger partial charge in [-0.05, 0) is 42.5 Å². The number of piperazine rings is 1. The van der Waals surface area contributed by atoms with Crippen LogP contribution in [0.5, 0.6) is 0 Å². The van der Waals surface area contributed by atoms with Gasteiger partial charge in [0, 0.05) is 37.2 Å². The molecule has 128 valence electrons. The van der Waals surface area contributed by atoms with Gasteiger partial charge in [0.25, 0.3) is 0 Å². The topological polar surface area (TPSA) is 15.3 Å². The van der Waals surface area contributed by atoms with Crippen LogP contribution in [-0.2, 0) is 0 Å². The van der Waals surface area contributed by atoms with E-state index in [-0.39, 0.29) is 36.7 Å². The predicted molar refractivity (Wildman–Crippen MR) is 97.2 cm³/mol.